The molecule has 1 saturated carbocycles. The highest BCUT2D eigenvalue weighted by atomic mass is 16.6. The molecular formula is C17H21NO4. The first-order valence-electron chi connectivity index (χ1n) is 7.89. The molecule has 0 radical (unpaired) electrons. The number of fused-ring (bicyclic) bond motifs is 1. The van der Waals surface area contributed by atoms with Gasteiger partial charge in [-0.1, -0.05) is 29.8 Å². The summed E-state index contributed by atoms with van der Waals surface area (Å²) >= 11 is 0. The molecular weight excluding hydrogens is 282 g/mol. The molecule has 118 valence electrons. The molecule has 1 amide bonds. The van der Waals surface area contributed by atoms with Crippen LogP contribution in [0.15, 0.2) is 24.3 Å². The van der Waals surface area contributed by atoms with Crippen LogP contribution in [-0.2, 0) is 19.7 Å². The normalized spacial score (nSPS) is 35.2. The molecule has 5 heteroatoms. The third-order valence-electron chi connectivity index (χ3n) is 5.13. The lowest BCUT2D eigenvalue weighted by molar-refractivity contribution is -0.125. The predicted octanol–water partition coefficient (Wildman–Crippen LogP) is 0.670. The highest BCUT2D eigenvalue weighted by Crippen LogP contribution is 2.48. The van der Waals surface area contributed by atoms with Crippen molar-refractivity contribution in [1.29, 1.82) is 0 Å². The van der Waals surface area contributed by atoms with Crippen molar-refractivity contribution in [2.45, 2.75) is 49.5 Å². The van der Waals surface area contributed by atoms with Crippen molar-refractivity contribution in [2.75, 3.05) is 13.2 Å². The SMILES string of the molecule is Cc1ccc(C2(C(=O)N[C@@H]3CO[C@H]4[C@@H]3OC[C@H]4O)CC2)cc1. The average molecular weight is 303 g/mol. The van der Waals surface area contributed by atoms with E-state index in [1.165, 1.54) is 5.56 Å². The lowest BCUT2D eigenvalue weighted by Gasteiger charge is -2.22. The number of carbonyl (C=O) groups excluding carboxylic acids is 1. The van der Waals surface area contributed by atoms with Gasteiger partial charge in [0.2, 0.25) is 5.91 Å². The minimum absolute atomic E-state index is 0.0515. The standard InChI is InChI=1S/C17H21NO4/c1-10-2-4-11(5-3-10)17(6-7-17)16(20)18-12-8-21-15-13(19)9-22-14(12)15/h2-5,12-15,19H,6-9H2,1H3,(H,18,20)/t12-,13-,14-,15-/m1/s1. The molecule has 0 aromatic heterocycles. The second-order valence-electron chi connectivity index (χ2n) is 6.69. The molecule has 1 aromatic rings. The molecule has 2 saturated heterocycles. The fourth-order valence-electron chi connectivity index (χ4n) is 3.55. The van der Waals surface area contributed by atoms with E-state index in [4.69, 9.17) is 9.47 Å². The number of hydrogen-bond acceptors (Lipinski definition) is 4. The summed E-state index contributed by atoms with van der Waals surface area (Å²) in [5, 5.41) is 12.9. The van der Waals surface area contributed by atoms with Gasteiger partial charge in [-0.15, -0.1) is 0 Å². The van der Waals surface area contributed by atoms with Crippen molar-refractivity contribution < 1.29 is 19.4 Å². The Bertz CT molecular complexity index is 581. The molecule has 1 aromatic carbocycles. The number of ether oxygens (including phenoxy) is 2. The Morgan fingerprint density at radius 2 is 1.86 bits per heavy atom. The summed E-state index contributed by atoms with van der Waals surface area (Å²) in [6.45, 7) is 2.73. The molecule has 2 aliphatic heterocycles. The van der Waals surface area contributed by atoms with Crippen molar-refractivity contribution in [3.63, 3.8) is 0 Å². The van der Waals surface area contributed by atoms with Gasteiger partial charge in [0.25, 0.3) is 0 Å². The summed E-state index contributed by atoms with van der Waals surface area (Å²) in [5.41, 5.74) is 1.89. The van der Waals surface area contributed by atoms with Crippen molar-refractivity contribution in [3.8, 4) is 0 Å². The Labute approximate surface area is 129 Å². The molecule has 1 aliphatic carbocycles. The van der Waals surface area contributed by atoms with E-state index >= 15 is 0 Å². The van der Waals surface area contributed by atoms with Gasteiger partial charge >= 0.3 is 0 Å². The first-order chi connectivity index (χ1) is 10.6. The quantitative estimate of drug-likeness (QED) is 0.861. The van der Waals surface area contributed by atoms with Gasteiger partial charge in [-0.2, -0.15) is 0 Å². The van der Waals surface area contributed by atoms with E-state index in [-0.39, 0.29) is 36.2 Å². The van der Waals surface area contributed by atoms with Crippen LogP contribution in [-0.4, -0.2) is 48.6 Å². The lowest BCUT2D eigenvalue weighted by atomic mass is 9.93. The molecule has 2 heterocycles. The van der Waals surface area contributed by atoms with Crippen LogP contribution < -0.4 is 5.32 Å². The fourth-order valence-corrected chi connectivity index (χ4v) is 3.55. The van der Waals surface area contributed by atoms with Crippen LogP contribution in [0.1, 0.15) is 24.0 Å². The zero-order chi connectivity index (χ0) is 15.3. The number of aryl methyl sites for hydroxylation is 1. The van der Waals surface area contributed by atoms with Gasteiger partial charge in [0.15, 0.2) is 0 Å². The smallest absolute Gasteiger partial charge is 0.231 e. The monoisotopic (exact) mass is 303 g/mol. The molecule has 3 aliphatic rings. The third-order valence-corrected chi connectivity index (χ3v) is 5.13. The predicted molar refractivity (Wildman–Crippen MR) is 79.5 cm³/mol. The molecule has 0 bridgehead atoms. The van der Waals surface area contributed by atoms with Crippen molar-refractivity contribution >= 4 is 5.91 Å². The van der Waals surface area contributed by atoms with E-state index in [1.54, 1.807) is 0 Å². The summed E-state index contributed by atoms with van der Waals surface area (Å²) in [6.07, 6.45) is 0.645. The Balaban J connectivity index is 1.47. The Morgan fingerprint density at radius 3 is 2.55 bits per heavy atom. The maximum Gasteiger partial charge on any atom is 0.231 e. The minimum Gasteiger partial charge on any atom is -0.388 e. The topological polar surface area (TPSA) is 67.8 Å². The zero-order valence-corrected chi connectivity index (χ0v) is 12.6. The molecule has 22 heavy (non-hydrogen) atoms. The number of rotatable bonds is 3. The molecule has 4 atom stereocenters. The largest absolute Gasteiger partial charge is 0.388 e. The van der Waals surface area contributed by atoms with Gasteiger partial charge in [-0.25, -0.2) is 0 Å². The molecule has 0 unspecified atom stereocenters. The third kappa shape index (κ3) is 2.16. The van der Waals surface area contributed by atoms with Crippen LogP contribution in [0, 0.1) is 6.92 Å². The maximum atomic E-state index is 12.8. The van der Waals surface area contributed by atoms with E-state index in [0.29, 0.717) is 6.61 Å². The number of aliphatic hydroxyl groups excluding tert-OH is 1. The summed E-state index contributed by atoms with van der Waals surface area (Å²) in [6, 6.07) is 8.02. The first-order valence-corrected chi connectivity index (χ1v) is 7.89. The number of aliphatic hydroxyl groups is 1. The van der Waals surface area contributed by atoms with Gasteiger partial charge in [0.05, 0.1) is 24.7 Å². The van der Waals surface area contributed by atoms with Crippen LogP contribution in [0.3, 0.4) is 0 Å². The van der Waals surface area contributed by atoms with E-state index in [1.807, 2.05) is 31.2 Å². The van der Waals surface area contributed by atoms with E-state index in [9.17, 15) is 9.90 Å². The first kappa shape index (κ1) is 14.2. The van der Waals surface area contributed by atoms with Crippen LogP contribution in [0.25, 0.3) is 0 Å². The van der Waals surface area contributed by atoms with E-state index in [0.717, 1.165) is 18.4 Å². The van der Waals surface area contributed by atoms with Crippen LogP contribution in [0.2, 0.25) is 0 Å². The number of benzene rings is 1. The van der Waals surface area contributed by atoms with Crippen molar-refractivity contribution in [3.05, 3.63) is 35.4 Å². The second kappa shape index (κ2) is 5.05. The molecule has 0 spiro atoms. The molecule has 4 rings (SSSR count). The fraction of sp³-hybridized carbons (Fsp3) is 0.588. The van der Waals surface area contributed by atoms with Gasteiger partial charge in [-0.05, 0) is 25.3 Å². The van der Waals surface area contributed by atoms with Crippen LogP contribution >= 0.6 is 0 Å². The van der Waals surface area contributed by atoms with Gasteiger partial charge in [-0.3, -0.25) is 4.79 Å². The number of hydrogen-bond donors (Lipinski definition) is 2. The number of carbonyl (C=O) groups is 1. The zero-order valence-electron chi connectivity index (χ0n) is 12.6. The van der Waals surface area contributed by atoms with E-state index in [2.05, 4.69) is 5.32 Å². The highest BCUT2D eigenvalue weighted by Gasteiger charge is 2.54. The Morgan fingerprint density at radius 1 is 1.18 bits per heavy atom. The maximum absolute atomic E-state index is 12.8. The summed E-state index contributed by atoms with van der Waals surface area (Å²) in [4.78, 5) is 12.8. The number of amides is 1. The van der Waals surface area contributed by atoms with Gasteiger partial charge in [0.1, 0.15) is 18.3 Å². The number of nitrogens with one attached hydrogen (secondary N) is 1. The summed E-state index contributed by atoms with van der Waals surface area (Å²) in [7, 11) is 0. The molecule has 3 fully saturated rings. The molecule has 2 N–H and O–H groups in total. The minimum atomic E-state index is -0.584. The van der Waals surface area contributed by atoms with Crippen LogP contribution in [0.5, 0.6) is 0 Å². The Kier molecular flexibility index (Phi) is 3.25. The van der Waals surface area contributed by atoms with Crippen molar-refractivity contribution in [1.82, 2.24) is 5.32 Å². The van der Waals surface area contributed by atoms with Crippen molar-refractivity contribution in [2.24, 2.45) is 0 Å². The van der Waals surface area contributed by atoms with Gasteiger partial charge in [0, 0.05) is 0 Å². The highest BCUT2D eigenvalue weighted by molar-refractivity contribution is 5.91. The lowest BCUT2D eigenvalue weighted by Crippen LogP contribution is -2.48. The van der Waals surface area contributed by atoms with Gasteiger partial charge < -0.3 is 19.9 Å². The molecule has 5 nitrogen and oxygen atoms in total. The van der Waals surface area contributed by atoms with E-state index < -0.39 is 6.10 Å². The summed E-state index contributed by atoms with van der Waals surface area (Å²) in [5.74, 6) is 0.0515. The Hall–Kier alpha value is -1.43. The summed E-state index contributed by atoms with van der Waals surface area (Å²) < 4.78 is 11.1. The van der Waals surface area contributed by atoms with Crippen LogP contribution in [0.4, 0.5) is 0 Å². The second-order valence-corrected chi connectivity index (χ2v) is 6.69. The average Bonchev–Trinajstić information content (AvgIpc) is 3.11.